The van der Waals surface area contributed by atoms with E-state index in [9.17, 15) is 0 Å². The molecule has 2 rings (SSSR count). The molecule has 0 saturated carbocycles. The Morgan fingerprint density at radius 3 is 2.57 bits per heavy atom. The minimum Gasteiger partial charge on any atom is -0.395 e. The van der Waals surface area contributed by atoms with Crippen LogP contribution in [0.3, 0.4) is 0 Å². The predicted octanol–water partition coefficient (Wildman–Crippen LogP) is 5.57. The first-order valence-electron chi connectivity index (χ1n) is 6.52. The number of nitrogens with zero attached hydrogens (tertiary/aromatic N) is 1. The van der Waals surface area contributed by atoms with Crippen LogP contribution in [0, 0.1) is 0 Å². The van der Waals surface area contributed by atoms with Crippen LogP contribution in [-0.4, -0.2) is 11.8 Å². The second-order valence-electron chi connectivity index (χ2n) is 4.21. The molecule has 0 aromatic heterocycles. The number of thioether (sulfide) groups is 1. The van der Waals surface area contributed by atoms with Crippen LogP contribution in [0.1, 0.15) is 18.1 Å². The van der Waals surface area contributed by atoms with Crippen molar-refractivity contribution in [3.8, 4) is 0 Å². The summed E-state index contributed by atoms with van der Waals surface area (Å²) in [6.45, 7) is 2.37. The summed E-state index contributed by atoms with van der Waals surface area (Å²) in [5.74, 6) is 0.840. The lowest BCUT2D eigenvalue weighted by Gasteiger charge is -2.07. The summed E-state index contributed by atoms with van der Waals surface area (Å²) in [6.07, 6.45) is 0. The molecule has 0 N–H and O–H groups in total. The molecular formula is C16H15Cl2NOS. The molecule has 21 heavy (non-hydrogen) atoms. The highest BCUT2D eigenvalue weighted by Crippen LogP contribution is 2.28. The first kappa shape index (κ1) is 16.2. The minimum absolute atomic E-state index is 0.371. The van der Waals surface area contributed by atoms with Crippen LogP contribution >= 0.6 is 35.0 Å². The third-order valence-electron chi connectivity index (χ3n) is 2.69. The van der Waals surface area contributed by atoms with Gasteiger partial charge in [-0.1, -0.05) is 58.7 Å². The summed E-state index contributed by atoms with van der Waals surface area (Å²) < 4.78 is 0. The van der Waals surface area contributed by atoms with E-state index in [1.54, 1.807) is 11.8 Å². The smallest absolute Gasteiger partial charge is 0.176 e. The monoisotopic (exact) mass is 339 g/mol. The van der Waals surface area contributed by atoms with Crippen molar-refractivity contribution in [2.45, 2.75) is 17.6 Å². The van der Waals surface area contributed by atoms with E-state index in [1.807, 2.05) is 55.5 Å². The summed E-state index contributed by atoms with van der Waals surface area (Å²) >= 11 is 13.8. The van der Waals surface area contributed by atoms with E-state index in [-0.39, 0.29) is 0 Å². The fraction of sp³-hybridized carbons (Fsp3) is 0.188. The van der Waals surface area contributed by atoms with Crippen LogP contribution in [0.2, 0.25) is 5.02 Å². The van der Waals surface area contributed by atoms with Crippen LogP contribution in [0.5, 0.6) is 0 Å². The van der Waals surface area contributed by atoms with Gasteiger partial charge < -0.3 is 4.84 Å². The number of benzene rings is 2. The average Bonchev–Trinajstić information content (AvgIpc) is 2.52. The Balaban J connectivity index is 2.11. The maximum atomic E-state index is 6.19. The maximum absolute atomic E-state index is 6.19. The lowest BCUT2D eigenvalue weighted by atomic mass is 10.2. The summed E-state index contributed by atoms with van der Waals surface area (Å²) in [5, 5.41) is 5.01. The summed E-state index contributed by atoms with van der Waals surface area (Å²) in [4.78, 5) is 6.08. The fourth-order valence-electron chi connectivity index (χ4n) is 1.68. The van der Waals surface area contributed by atoms with E-state index in [4.69, 9.17) is 28.0 Å². The molecule has 110 valence electrons. The summed E-state index contributed by atoms with van der Waals surface area (Å²) in [5.41, 5.74) is 2.09. The Labute approximate surface area is 139 Å². The third kappa shape index (κ3) is 4.95. The standard InChI is InChI=1S/C16H15Cl2NOS/c1-2-20-19-16(18)14-5-3-4-6-15(14)21-11-12-7-9-13(17)10-8-12/h3-10H,2,11H2,1H3. The van der Waals surface area contributed by atoms with Crippen molar-refractivity contribution in [1.29, 1.82) is 0 Å². The Hall–Kier alpha value is -1.16. The molecule has 0 heterocycles. The van der Waals surface area contributed by atoms with E-state index in [2.05, 4.69) is 5.16 Å². The van der Waals surface area contributed by atoms with Gasteiger partial charge >= 0.3 is 0 Å². The summed E-state index contributed by atoms with van der Waals surface area (Å²) in [7, 11) is 0. The Morgan fingerprint density at radius 1 is 1.14 bits per heavy atom. The zero-order valence-electron chi connectivity index (χ0n) is 11.6. The SMILES string of the molecule is CCON=C(Cl)c1ccccc1SCc1ccc(Cl)cc1. The quantitative estimate of drug-likeness (QED) is 0.389. The Morgan fingerprint density at radius 2 is 1.86 bits per heavy atom. The summed E-state index contributed by atoms with van der Waals surface area (Å²) in [6, 6.07) is 15.7. The molecule has 2 nitrogen and oxygen atoms in total. The van der Waals surface area contributed by atoms with E-state index >= 15 is 0 Å². The number of halogens is 2. The molecule has 2 aromatic carbocycles. The molecule has 2 aromatic rings. The van der Waals surface area contributed by atoms with Crippen LogP contribution in [0.4, 0.5) is 0 Å². The predicted molar refractivity (Wildman–Crippen MR) is 91.5 cm³/mol. The molecule has 0 aliphatic heterocycles. The molecule has 0 aliphatic rings. The second kappa shape index (κ2) is 8.32. The van der Waals surface area contributed by atoms with E-state index in [0.29, 0.717) is 11.8 Å². The maximum Gasteiger partial charge on any atom is 0.176 e. The van der Waals surface area contributed by atoms with Gasteiger partial charge in [0.15, 0.2) is 5.17 Å². The second-order valence-corrected chi connectivity index (χ2v) is 6.02. The van der Waals surface area contributed by atoms with Crippen LogP contribution < -0.4 is 0 Å². The average molecular weight is 340 g/mol. The van der Waals surface area contributed by atoms with Gasteiger partial charge in [-0.25, -0.2) is 0 Å². The minimum atomic E-state index is 0.371. The lowest BCUT2D eigenvalue weighted by molar-refractivity contribution is 0.160. The van der Waals surface area contributed by atoms with Gasteiger partial charge in [-0.3, -0.25) is 0 Å². The zero-order chi connectivity index (χ0) is 15.1. The van der Waals surface area contributed by atoms with Crippen LogP contribution in [0.25, 0.3) is 0 Å². The molecule has 0 aliphatic carbocycles. The van der Waals surface area contributed by atoms with Gasteiger partial charge in [0.2, 0.25) is 0 Å². The number of hydrogen-bond donors (Lipinski definition) is 0. The zero-order valence-corrected chi connectivity index (χ0v) is 13.9. The van der Waals surface area contributed by atoms with Crippen molar-refractivity contribution >= 4 is 40.1 Å². The van der Waals surface area contributed by atoms with Gasteiger partial charge in [-0.05, 0) is 30.7 Å². The normalized spacial score (nSPS) is 11.5. The molecule has 0 unspecified atom stereocenters. The van der Waals surface area contributed by atoms with E-state index in [0.717, 1.165) is 21.2 Å². The van der Waals surface area contributed by atoms with Crippen molar-refractivity contribution in [2.75, 3.05) is 6.61 Å². The van der Waals surface area contributed by atoms with E-state index < -0.39 is 0 Å². The van der Waals surface area contributed by atoms with Gasteiger partial charge in [0.1, 0.15) is 6.61 Å². The van der Waals surface area contributed by atoms with Gasteiger partial charge in [-0.15, -0.1) is 11.8 Å². The number of hydrogen-bond acceptors (Lipinski definition) is 3. The highest BCUT2D eigenvalue weighted by atomic mass is 35.5. The first-order valence-corrected chi connectivity index (χ1v) is 8.27. The molecule has 0 bridgehead atoms. The molecule has 0 fully saturated rings. The molecule has 0 amide bonds. The van der Waals surface area contributed by atoms with Gasteiger partial charge in [0, 0.05) is 21.2 Å². The largest absolute Gasteiger partial charge is 0.395 e. The molecule has 0 saturated heterocycles. The highest BCUT2D eigenvalue weighted by molar-refractivity contribution is 7.98. The topological polar surface area (TPSA) is 21.6 Å². The third-order valence-corrected chi connectivity index (χ3v) is 4.36. The lowest BCUT2D eigenvalue weighted by Crippen LogP contribution is -1.96. The molecule has 0 atom stereocenters. The Bertz CT molecular complexity index is 614. The van der Waals surface area contributed by atoms with E-state index in [1.165, 1.54) is 5.56 Å². The number of rotatable bonds is 6. The molecule has 5 heteroatoms. The van der Waals surface area contributed by atoms with Crippen molar-refractivity contribution in [2.24, 2.45) is 5.16 Å². The highest BCUT2D eigenvalue weighted by Gasteiger charge is 2.08. The Kier molecular flexibility index (Phi) is 6.43. The first-order chi connectivity index (χ1) is 10.2. The molecule has 0 radical (unpaired) electrons. The van der Waals surface area contributed by atoms with Gasteiger partial charge in [-0.2, -0.15) is 0 Å². The number of oxime groups is 1. The van der Waals surface area contributed by atoms with Crippen molar-refractivity contribution in [3.05, 3.63) is 64.7 Å². The van der Waals surface area contributed by atoms with Crippen LogP contribution in [0.15, 0.2) is 58.6 Å². The molecule has 0 spiro atoms. The van der Waals surface area contributed by atoms with Crippen LogP contribution in [-0.2, 0) is 10.6 Å². The molecular weight excluding hydrogens is 325 g/mol. The van der Waals surface area contributed by atoms with Gasteiger partial charge in [0.05, 0.1) is 0 Å². The van der Waals surface area contributed by atoms with Crippen molar-refractivity contribution in [3.63, 3.8) is 0 Å². The fourth-order valence-corrected chi connectivity index (χ4v) is 3.08. The van der Waals surface area contributed by atoms with Gasteiger partial charge in [0.25, 0.3) is 0 Å². The van der Waals surface area contributed by atoms with Crippen molar-refractivity contribution < 1.29 is 4.84 Å². The van der Waals surface area contributed by atoms with Crippen molar-refractivity contribution in [1.82, 2.24) is 0 Å².